The Labute approximate surface area is 169 Å². The maximum Gasteiger partial charge on any atom is 0.259 e. The molecule has 0 spiro atoms. The van der Waals surface area contributed by atoms with Crippen LogP contribution in [0.15, 0.2) is 29.1 Å². The van der Waals surface area contributed by atoms with Crippen LogP contribution in [-0.4, -0.2) is 23.1 Å². The van der Waals surface area contributed by atoms with Crippen LogP contribution in [0.4, 0.5) is 11.4 Å². The topological polar surface area (TPSA) is 61.0 Å². The molecule has 1 aromatic carbocycles. The van der Waals surface area contributed by atoms with Crippen molar-refractivity contribution < 1.29 is 0 Å². The zero-order valence-electron chi connectivity index (χ0n) is 17.0. The van der Waals surface area contributed by atoms with Gasteiger partial charge in [0.15, 0.2) is 0 Å². The van der Waals surface area contributed by atoms with Crippen molar-refractivity contribution in [2.75, 3.05) is 23.3 Å². The molecule has 2 aromatic heterocycles. The monoisotopic (exact) mass is 396 g/mol. The first-order valence-electron chi connectivity index (χ1n) is 10.0. The van der Waals surface area contributed by atoms with Crippen LogP contribution in [0.1, 0.15) is 49.0 Å². The summed E-state index contributed by atoms with van der Waals surface area (Å²) >= 11 is 1.58. The van der Waals surface area contributed by atoms with Gasteiger partial charge in [-0.15, -0.1) is 11.3 Å². The molecule has 0 aliphatic carbocycles. The second-order valence-corrected chi connectivity index (χ2v) is 9.20. The summed E-state index contributed by atoms with van der Waals surface area (Å²) in [4.78, 5) is 24.6. The van der Waals surface area contributed by atoms with Crippen LogP contribution in [0.5, 0.6) is 0 Å². The van der Waals surface area contributed by atoms with E-state index in [1.54, 1.807) is 11.3 Å². The Morgan fingerprint density at radius 3 is 2.57 bits per heavy atom. The fraction of sp³-hybridized carbons (Fsp3) is 0.455. The number of benzene rings is 1. The van der Waals surface area contributed by atoms with Crippen molar-refractivity contribution in [3.8, 4) is 0 Å². The highest BCUT2D eigenvalue weighted by atomic mass is 32.1. The van der Waals surface area contributed by atoms with Crippen LogP contribution in [0, 0.1) is 19.8 Å². The lowest BCUT2D eigenvalue weighted by atomic mass is 9.99. The Hall–Kier alpha value is -2.34. The third kappa shape index (κ3) is 3.65. The van der Waals surface area contributed by atoms with Gasteiger partial charge in [-0.25, -0.2) is 4.98 Å². The molecule has 1 unspecified atom stereocenters. The molecule has 5 nitrogen and oxygen atoms in total. The van der Waals surface area contributed by atoms with Gasteiger partial charge in [0.05, 0.1) is 11.4 Å². The van der Waals surface area contributed by atoms with Gasteiger partial charge in [0.1, 0.15) is 10.7 Å². The quantitative estimate of drug-likeness (QED) is 0.651. The van der Waals surface area contributed by atoms with Crippen molar-refractivity contribution >= 4 is 32.9 Å². The molecule has 3 heterocycles. The first kappa shape index (κ1) is 19.0. The number of nitrogens with one attached hydrogen (secondary N) is 2. The third-order valence-electron chi connectivity index (χ3n) is 5.87. The average molecular weight is 397 g/mol. The zero-order chi connectivity index (χ0) is 19.8. The Morgan fingerprint density at radius 2 is 1.89 bits per heavy atom. The Morgan fingerprint density at radius 1 is 1.21 bits per heavy atom. The highest BCUT2D eigenvalue weighted by Gasteiger charge is 2.17. The SMILES string of the molecule is Cc1sc2nc(C(C)Nc3ccc(N4CCC(C)CC4)cc3)[nH]c(=O)c2c1C. The smallest absolute Gasteiger partial charge is 0.259 e. The molecule has 0 bridgehead atoms. The third-order valence-corrected chi connectivity index (χ3v) is 6.97. The molecule has 1 aliphatic heterocycles. The maximum atomic E-state index is 12.5. The summed E-state index contributed by atoms with van der Waals surface area (Å²) in [6.45, 7) is 10.6. The van der Waals surface area contributed by atoms with Crippen LogP contribution >= 0.6 is 11.3 Å². The van der Waals surface area contributed by atoms with Gasteiger partial charge < -0.3 is 15.2 Å². The van der Waals surface area contributed by atoms with Crippen LogP contribution in [0.3, 0.4) is 0 Å². The van der Waals surface area contributed by atoms with Gasteiger partial charge in [-0.2, -0.15) is 0 Å². The van der Waals surface area contributed by atoms with Crippen molar-refractivity contribution in [2.45, 2.75) is 46.6 Å². The molecule has 0 amide bonds. The minimum Gasteiger partial charge on any atom is -0.375 e. The largest absolute Gasteiger partial charge is 0.375 e. The molecule has 4 rings (SSSR count). The summed E-state index contributed by atoms with van der Waals surface area (Å²) in [6.07, 6.45) is 2.53. The van der Waals surface area contributed by atoms with Crippen molar-refractivity contribution in [1.82, 2.24) is 9.97 Å². The number of anilines is 2. The molecule has 1 atom stereocenters. The molecule has 1 fully saturated rings. The van der Waals surface area contributed by atoms with Gasteiger partial charge in [-0.1, -0.05) is 6.92 Å². The van der Waals surface area contributed by atoms with E-state index in [0.29, 0.717) is 5.82 Å². The van der Waals surface area contributed by atoms with Crippen molar-refractivity contribution in [2.24, 2.45) is 5.92 Å². The summed E-state index contributed by atoms with van der Waals surface area (Å²) < 4.78 is 0. The lowest BCUT2D eigenvalue weighted by Crippen LogP contribution is -2.32. The normalized spacial score (nSPS) is 16.5. The minimum absolute atomic E-state index is 0.0508. The Bertz CT molecular complexity index is 1030. The van der Waals surface area contributed by atoms with Crippen LogP contribution < -0.4 is 15.8 Å². The number of aromatic nitrogens is 2. The lowest BCUT2D eigenvalue weighted by Gasteiger charge is -2.32. The number of aromatic amines is 1. The molecule has 28 heavy (non-hydrogen) atoms. The predicted molar refractivity (Wildman–Crippen MR) is 119 cm³/mol. The lowest BCUT2D eigenvalue weighted by molar-refractivity contribution is 0.438. The van der Waals surface area contributed by atoms with Crippen LogP contribution in [0.25, 0.3) is 10.2 Å². The van der Waals surface area contributed by atoms with Gasteiger partial charge in [0, 0.05) is 29.3 Å². The fourth-order valence-corrected chi connectivity index (χ4v) is 4.87. The molecule has 2 N–H and O–H groups in total. The highest BCUT2D eigenvalue weighted by molar-refractivity contribution is 7.18. The predicted octanol–water partition coefficient (Wildman–Crippen LogP) is 5.01. The second kappa shape index (κ2) is 7.59. The molecule has 0 radical (unpaired) electrons. The molecule has 0 saturated carbocycles. The van der Waals surface area contributed by atoms with Gasteiger partial charge in [0.2, 0.25) is 0 Å². The van der Waals surface area contributed by atoms with E-state index < -0.39 is 0 Å². The fourth-order valence-electron chi connectivity index (χ4n) is 3.83. The molecule has 3 aromatic rings. The van der Waals surface area contributed by atoms with Crippen LogP contribution in [0.2, 0.25) is 0 Å². The van der Waals surface area contributed by atoms with E-state index >= 15 is 0 Å². The number of nitrogens with zero attached hydrogens (tertiary/aromatic N) is 2. The van der Waals surface area contributed by atoms with Gasteiger partial charge in [0.25, 0.3) is 5.56 Å². The number of rotatable bonds is 4. The zero-order valence-corrected chi connectivity index (χ0v) is 17.8. The van der Waals surface area contributed by atoms with E-state index in [-0.39, 0.29) is 11.6 Å². The van der Waals surface area contributed by atoms with Crippen molar-refractivity contribution in [3.05, 3.63) is 50.9 Å². The number of aryl methyl sites for hydroxylation is 2. The summed E-state index contributed by atoms with van der Waals surface area (Å²) in [6, 6.07) is 8.49. The second-order valence-electron chi connectivity index (χ2n) is 8.00. The molecule has 1 saturated heterocycles. The van der Waals surface area contributed by atoms with E-state index in [2.05, 4.69) is 46.4 Å². The molecular weight excluding hydrogens is 368 g/mol. The number of hydrogen-bond donors (Lipinski definition) is 2. The Kier molecular flexibility index (Phi) is 5.15. The van der Waals surface area contributed by atoms with E-state index in [1.165, 1.54) is 18.5 Å². The number of H-pyrrole nitrogens is 1. The van der Waals surface area contributed by atoms with E-state index in [4.69, 9.17) is 4.98 Å². The standard InChI is InChI=1S/C22H28N4OS/c1-13-9-11-26(12-10-13)18-7-5-17(6-8-18)23-15(3)20-24-21(27)19-14(2)16(4)28-22(19)25-20/h5-8,13,15,23H,9-12H2,1-4H3,(H,24,25,27). The molecule has 148 valence electrons. The number of hydrogen-bond acceptors (Lipinski definition) is 5. The summed E-state index contributed by atoms with van der Waals surface area (Å²) in [7, 11) is 0. The number of fused-ring (bicyclic) bond motifs is 1. The first-order valence-corrected chi connectivity index (χ1v) is 10.9. The van der Waals surface area contributed by atoms with Crippen molar-refractivity contribution in [3.63, 3.8) is 0 Å². The maximum absolute atomic E-state index is 12.5. The van der Waals surface area contributed by atoms with E-state index in [9.17, 15) is 4.79 Å². The molecule has 6 heteroatoms. The number of piperidine rings is 1. The summed E-state index contributed by atoms with van der Waals surface area (Å²) in [5.41, 5.74) is 3.29. The van der Waals surface area contributed by atoms with E-state index in [1.807, 2.05) is 20.8 Å². The van der Waals surface area contributed by atoms with Gasteiger partial charge in [-0.3, -0.25) is 4.79 Å². The Balaban J connectivity index is 1.50. The van der Waals surface area contributed by atoms with Crippen LogP contribution in [-0.2, 0) is 0 Å². The van der Waals surface area contributed by atoms with E-state index in [0.717, 1.165) is 45.4 Å². The van der Waals surface area contributed by atoms with Gasteiger partial charge in [-0.05, 0) is 69.4 Å². The molecular formula is C22H28N4OS. The average Bonchev–Trinajstić information content (AvgIpc) is 2.97. The summed E-state index contributed by atoms with van der Waals surface area (Å²) in [5.74, 6) is 1.51. The highest BCUT2D eigenvalue weighted by Crippen LogP contribution is 2.28. The summed E-state index contributed by atoms with van der Waals surface area (Å²) in [5, 5.41) is 4.18. The number of thiophene rings is 1. The van der Waals surface area contributed by atoms with Gasteiger partial charge >= 0.3 is 0 Å². The molecule has 1 aliphatic rings. The minimum atomic E-state index is -0.0819. The van der Waals surface area contributed by atoms with Crippen molar-refractivity contribution in [1.29, 1.82) is 0 Å². The first-order chi connectivity index (χ1) is 13.4.